The molecule has 0 unspecified atom stereocenters. The van der Waals surface area contributed by atoms with Crippen LogP contribution >= 0.6 is 0 Å². The largest absolute Gasteiger partial charge is 0.461 e. The van der Waals surface area contributed by atoms with E-state index in [1.807, 2.05) is 18.7 Å². The van der Waals surface area contributed by atoms with E-state index < -0.39 is 0 Å². The standard InChI is InChI=1S/C13H18N4O3/c1-3-14-11(18)8-17(4-2)9-12-15-13(16-20-12)10-6-5-7-19-10/h5-7H,3-4,8-9H2,1-2H3,(H,14,18). The van der Waals surface area contributed by atoms with E-state index in [9.17, 15) is 4.79 Å². The maximum Gasteiger partial charge on any atom is 0.241 e. The van der Waals surface area contributed by atoms with Crippen LogP contribution in [0.15, 0.2) is 27.3 Å². The molecule has 0 aliphatic carbocycles. The van der Waals surface area contributed by atoms with Gasteiger partial charge in [-0.15, -0.1) is 0 Å². The Hall–Kier alpha value is -2.15. The third-order valence-electron chi connectivity index (χ3n) is 2.76. The van der Waals surface area contributed by atoms with Gasteiger partial charge in [-0.05, 0) is 25.6 Å². The molecular formula is C13H18N4O3. The Morgan fingerprint density at radius 3 is 2.95 bits per heavy atom. The number of likely N-dealkylation sites (N-methyl/N-ethyl adjacent to an activating group) is 2. The Labute approximate surface area is 116 Å². The number of aromatic nitrogens is 2. The minimum absolute atomic E-state index is 0.0138. The maximum atomic E-state index is 11.6. The van der Waals surface area contributed by atoms with Crippen molar-refractivity contribution in [1.29, 1.82) is 0 Å². The second kappa shape index (κ2) is 6.85. The van der Waals surface area contributed by atoms with Crippen molar-refractivity contribution in [2.45, 2.75) is 20.4 Å². The number of furan rings is 1. The molecule has 0 fully saturated rings. The topological polar surface area (TPSA) is 84.4 Å². The van der Waals surface area contributed by atoms with Crippen LogP contribution in [0, 0.1) is 0 Å². The SMILES string of the molecule is CCNC(=O)CN(CC)Cc1nc(-c2ccco2)no1. The van der Waals surface area contributed by atoms with Crippen LogP contribution in [0.2, 0.25) is 0 Å². The Balaban J connectivity index is 1.96. The van der Waals surface area contributed by atoms with Gasteiger partial charge in [0.25, 0.3) is 0 Å². The summed E-state index contributed by atoms with van der Waals surface area (Å²) in [5.74, 6) is 1.42. The Bertz CT molecular complexity index is 536. The summed E-state index contributed by atoms with van der Waals surface area (Å²) in [6.07, 6.45) is 1.55. The lowest BCUT2D eigenvalue weighted by Gasteiger charge is -2.17. The second-order valence-electron chi connectivity index (χ2n) is 4.25. The summed E-state index contributed by atoms with van der Waals surface area (Å²) in [4.78, 5) is 17.7. The van der Waals surface area contributed by atoms with Crippen LogP contribution in [0.1, 0.15) is 19.7 Å². The molecule has 20 heavy (non-hydrogen) atoms. The van der Waals surface area contributed by atoms with Gasteiger partial charge in [-0.2, -0.15) is 4.98 Å². The van der Waals surface area contributed by atoms with Crippen molar-refractivity contribution < 1.29 is 13.7 Å². The molecule has 2 heterocycles. The zero-order valence-corrected chi connectivity index (χ0v) is 11.6. The van der Waals surface area contributed by atoms with Crippen molar-refractivity contribution in [3.05, 3.63) is 24.3 Å². The van der Waals surface area contributed by atoms with Gasteiger partial charge in [-0.25, -0.2) is 0 Å². The molecule has 2 aromatic heterocycles. The molecular weight excluding hydrogens is 260 g/mol. The zero-order chi connectivity index (χ0) is 14.4. The number of amides is 1. The van der Waals surface area contributed by atoms with Crippen molar-refractivity contribution in [3.8, 4) is 11.6 Å². The van der Waals surface area contributed by atoms with Gasteiger partial charge >= 0.3 is 0 Å². The summed E-state index contributed by atoms with van der Waals surface area (Å²) in [6, 6.07) is 3.53. The van der Waals surface area contributed by atoms with Gasteiger partial charge in [0.15, 0.2) is 5.76 Å². The second-order valence-corrected chi connectivity index (χ2v) is 4.25. The van der Waals surface area contributed by atoms with E-state index in [1.165, 1.54) is 0 Å². The van der Waals surface area contributed by atoms with Crippen LogP contribution in [0.3, 0.4) is 0 Å². The average molecular weight is 278 g/mol. The zero-order valence-electron chi connectivity index (χ0n) is 11.6. The summed E-state index contributed by atoms with van der Waals surface area (Å²) in [5.41, 5.74) is 0. The van der Waals surface area contributed by atoms with Gasteiger partial charge in [-0.1, -0.05) is 12.1 Å². The molecule has 7 nitrogen and oxygen atoms in total. The van der Waals surface area contributed by atoms with Crippen LogP contribution in [0.25, 0.3) is 11.6 Å². The predicted octanol–water partition coefficient (Wildman–Crippen LogP) is 1.29. The molecule has 1 amide bonds. The van der Waals surface area contributed by atoms with Gasteiger partial charge in [0.1, 0.15) is 0 Å². The van der Waals surface area contributed by atoms with Crippen molar-refractivity contribution in [3.63, 3.8) is 0 Å². The third kappa shape index (κ3) is 3.67. The van der Waals surface area contributed by atoms with E-state index in [0.717, 1.165) is 6.54 Å². The molecule has 7 heteroatoms. The summed E-state index contributed by atoms with van der Waals surface area (Å²) in [7, 11) is 0. The first-order valence-corrected chi connectivity index (χ1v) is 6.58. The molecule has 0 aliphatic heterocycles. The highest BCUT2D eigenvalue weighted by atomic mass is 16.5. The van der Waals surface area contributed by atoms with Crippen LogP contribution in [-0.2, 0) is 11.3 Å². The summed E-state index contributed by atoms with van der Waals surface area (Å²) in [5, 5.41) is 6.62. The van der Waals surface area contributed by atoms with Crippen LogP contribution in [-0.4, -0.2) is 40.6 Å². The molecule has 2 aromatic rings. The molecule has 0 radical (unpaired) electrons. The Morgan fingerprint density at radius 2 is 2.30 bits per heavy atom. The maximum absolute atomic E-state index is 11.6. The Morgan fingerprint density at radius 1 is 1.45 bits per heavy atom. The number of rotatable bonds is 7. The van der Waals surface area contributed by atoms with E-state index in [-0.39, 0.29) is 5.91 Å². The molecule has 108 valence electrons. The summed E-state index contributed by atoms with van der Waals surface area (Å²) < 4.78 is 10.4. The van der Waals surface area contributed by atoms with Gasteiger partial charge in [0, 0.05) is 6.54 Å². The van der Waals surface area contributed by atoms with E-state index in [0.29, 0.717) is 37.1 Å². The number of hydrogen-bond acceptors (Lipinski definition) is 6. The molecule has 1 N–H and O–H groups in total. The highest BCUT2D eigenvalue weighted by Gasteiger charge is 2.15. The normalized spacial score (nSPS) is 10.9. The highest BCUT2D eigenvalue weighted by molar-refractivity contribution is 5.77. The molecule has 0 spiro atoms. The fraction of sp³-hybridized carbons (Fsp3) is 0.462. The first-order chi connectivity index (χ1) is 9.72. The monoisotopic (exact) mass is 278 g/mol. The number of nitrogens with zero attached hydrogens (tertiary/aromatic N) is 3. The number of hydrogen-bond donors (Lipinski definition) is 1. The molecule has 0 saturated carbocycles. The average Bonchev–Trinajstić information content (AvgIpc) is 3.08. The van der Waals surface area contributed by atoms with E-state index in [4.69, 9.17) is 8.94 Å². The van der Waals surface area contributed by atoms with Crippen LogP contribution in [0.4, 0.5) is 0 Å². The number of nitrogens with one attached hydrogen (secondary N) is 1. The molecule has 2 rings (SSSR count). The quantitative estimate of drug-likeness (QED) is 0.821. The lowest BCUT2D eigenvalue weighted by molar-refractivity contribution is -0.122. The first-order valence-electron chi connectivity index (χ1n) is 6.58. The smallest absolute Gasteiger partial charge is 0.241 e. The van der Waals surface area contributed by atoms with Crippen molar-refractivity contribution in [1.82, 2.24) is 20.4 Å². The third-order valence-corrected chi connectivity index (χ3v) is 2.76. The van der Waals surface area contributed by atoms with Crippen LogP contribution in [0.5, 0.6) is 0 Å². The highest BCUT2D eigenvalue weighted by Crippen LogP contribution is 2.16. The van der Waals surface area contributed by atoms with E-state index in [1.54, 1.807) is 18.4 Å². The minimum atomic E-state index is -0.0138. The van der Waals surface area contributed by atoms with Crippen LogP contribution < -0.4 is 5.32 Å². The number of carbonyl (C=O) groups excluding carboxylic acids is 1. The lowest BCUT2D eigenvalue weighted by Crippen LogP contribution is -2.36. The van der Waals surface area contributed by atoms with E-state index >= 15 is 0 Å². The molecule has 0 aliphatic rings. The molecule has 0 bridgehead atoms. The first kappa shape index (κ1) is 14.3. The lowest BCUT2D eigenvalue weighted by atomic mass is 10.4. The minimum Gasteiger partial charge on any atom is -0.461 e. The van der Waals surface area contributed by atoms with Gasteiger partial charge in [-0.3, -0.25) is 9.69 Å². The summed E-state index contributed by atoms with van der Waals surface area (Å²) in [6.45, 7) is 5.95. The van der Waals surface area contributed by atoms with Gasteiger partial charge < -0.3 is 14.3 Å². The van der Waals surface area contributed by atoms with Gasteiger partial charge in [0.2, 0.25) is 17.6 Å². The van der Waals surface area contributed by atoms with Crippen molar-refractivity contribution in [2.75, 3.05) is 19.6 Å². The van der Waals surface area contributed by atoms with Crippen molar-refractivity contribution in [2.24, 2.45) is 0 Å². The Kier molecular flexibility index (Phi) is 4.89. The summed E-state index contributed by atoms with van der Waals surface area (Å²) >= 11 is 0. The fourth-order valence-electron chi connectivity index (χ4n) is 1.75. The number of carbonyl (C=O) groups is 1. The molecule has 0 atom stereocenters. The van der Waals surface area contributed by atoms with Crippen molar-refractivity contribution >= 4 is 5.91 Å². The van der Waals surface area contributed by atoms with Gasteiger partial charge in [0.05, 0.1) is 19.4 Å². The van der Waals surface area contributed by atoms with E-state index in [2.05, 4.69) is 15.5 Å². The predicted molar refractivity (Wildman–Crippen MR) is 71.6 cm³/mol. The molecule has 0 saturated heterocycles. The fourth-order valence-corrected chi connectivity index (χ4v) is 1.75. The molecule has 0 aromatic carbocycles.